The van der Waals surface area contributed by atoms with E-state index < -0.39 is 21.4 Å². The monoisotopic (exact) mass is 313 g/mol. The van der Waals surface area contributed by atoms with E-state index >= 15 is 0 Å². The van der Waals surface area contributed by atoms with E-state index in [-0.39, 0.29) is 18.1 Å². The molecule has 7 heteroatoms. The summed E-state index contributed by atoms with van der Waals surface area (Å²) in [7, 11) is -3.13. The lowest BCUT2D eigenvalue weighted by Gasteiger charge is -2.32. The minimum atomic E-state index is -3.13. The van der Waals surface area contributed by atoms with E-state index in [0.717, 1.165) is 0 Å². The van der Waals surface area contributed by atoms with Gasteiger partial charge in [-0.2, -0.15) is 0 Å². The Morgan fingerprint density at radius 2 is 2.00 bits per heavy atom. The van der Waals surface area contributed by atoms with Crippen LogP contribution >= 0.6 is 0 Å². The van der Waals surface area contributed by atoms with Gasteiger partial charge >= 0.3 is 0 Å². The predicted molar refractivity (Wildman–Crippen MR) is 77.2 cm³/mol. The fourth-order valence-electron chi connectivity index (χ4n) is 3.01. The smallest absolute Gasteiger partial charge is 0.161 e. The van der Waals surface area contributed by atoms with Gasteiger partial charge in [-0.05, 0) is 24.1 Å². The fraction of sp³-hybridized carbons (Fsp3) is 0.571. The Balaban J connectivity index is 1.92. The molecule has 1 saturated heterocycles. The zero-order valence-corrected chi connectivity index (χ0v) is 12.4. The number of hydrogen-bond donors (Lipinski definition) is 2. The van der Waals surface area contributed by atoms with Crippen molar-refractivity contribution in [2.45, 2.75) is 12.5 Å². The SMILES string of the molecule is NCC1(C(O)c2ccc3c(c2)OCCO3)CCS(=O)(=O)C1. The highest BCUT2D eigenvalue weighted by Crippen LogP contribution is 2.44. The van der Waals surface area contributed by atoms with E-state index in [2.05, 4.69) is 0 Å². The zero-order valence-electron chi connectivity index (χ0n) is 11.6. The number of ether oxygens (including phenoxy) is 2. The lowest BCUT2D eigenvalue weighted by molar-refractivity contribution is 0.0467. The van der Waals surface area contributed by atoms with Crippen molar-refractivity contribution >= 4 is 9.84 Å². The van der Waals surface area contributed by atoms with Crippen LogP contribution in [0.5, 0.6) is 11.5 Å². The van der Waals surface area contributed by atoms with Crippen molar-refractivity contribution in [2.75, 3.05) is 31.3 Å². The van der Waals surface area contributed by atoms with Gasteiger partial charge < -0.3 is 20.3 Å². The number of nitrogens with two attached hydrogens (primary N) is 1. The number of aliphatic hydroxyl groups is 1. The van der Waals surface area contributed by atoms with Gasteiger partial charge in [-0.25, -0.2) is 8.42 Å². The first kappa shape index (κ1) is 14.6. The number of fused-ring (bicyclic) bond motifs is 1. The van der Waals surface area contributed by atoms with Crippen LogP contribution in [-0.4, -0.2) is 44.8 Å². The molecule has 1 fully saturated rings. The first-order valence-corrected chi connectivity index (χ1v) is 8.76. The Hall–Kier alpha value is -1.31. The average molecular weight is 313 g/mol. The first-order chi connectivity index (χ1) is 9.96. The normalized spacial score (nSPS) is 28.3. The highest BCUT2D eigenvalue weighted by molar-refractivity contribution is 7.91. The van der Waals surface area contributed by atoms with Gasteiger partial charge in [0.1, 0.15) is 13.2 Å². The van der Waals surface area contributed by atoms with Crippen LogP contribution in [0, 0.1) is 5.41 Å². The molecule has 0 amide bonds. The molecule has 0 saturated carbocycles. The van der Waals surface area contributed by atoms with Gasteiger partial charge in [0.2, 0.25) is 0 Å². The molecule has 0 aliphatic carbocycles. The van der Waals surface area contributed by atoms with Crippen LogP contribution in [0.25, 0.3) is 0 Å². The van der Waals surface area contributed by atoms with Crippen molar-refractivity contribution in [2.24, 2.45) is 11.1 Å². The maximum absolute atomic E-state index is 11.8. The van der Waals surface area contributed by atoms with Crippen LogP contribution in [0.15, 0.2) is 18.2 Å². The lowest BCUT2D eigenvalue weighted by atomic mass is 9.78. The Kier molecular flexibility index (Phi) is 3.59. The summed E-state index contributed by atoms with van der Waals surface area (Å²) >= 11 is 0. The summed E-state index contributed by atoms with van der Waals surface area (Å²) in [5.74, 6) is 1.21. The number of benzene rings is 1. The van der Waals surface area contributed by atoms with E-state index in [4.69, 9.17) is 15.2 Å². The minimum Gasteiger partial charge on any atom is -0.486 e. The third-order valence-electron chi connectivity index (χ3n) is 4.29. The van der Waals surface area contributed by atoms with Crippen molar-refractivity contribution in [3.05, 3.63) is 23.8 Å². The van der Waals surface area contributed by atoms with Crippen molar-refractivity contribution in [3.63, 3.8) is 0 Å². The molecule has 3 N–H and O–H groups in total. The largest absolute Gasteiger partial charge is 0.486 e. The molecular weight excluding hydrogens is 294 g/mol. The molecule has 0 spiro atoms. The van der Waals surface area contributed by atoms with E-state index in [0.29, 0.717) is 36.7 Å². The Bertz CT molecular complexity index is 645. The number of aliphatic hydroxyl groups excluding tert-OH is 1. The van der Waals surface area contributed by atoms with Gasteiger partial charge in [0.15, 0.2) is 21.3 Å². The second kappa shape index (κ2) is 5.15. The third-order valence-corrected chi connectivity index (χ3v) is 6.13. The molecule has 1 aromatic carbocycles. The fourth-order valence-corrected chi connectivity index (χ4v) is 5.17. The molecule has 2 atom stereocenters. The molecular formula is C14H19NO5S. The predicted octanol–water partition coefficient (Wildman–Crippen LogP) is 0.255. The van der Waals surface area contributed by atoms with Crippen LogP contribution in [-0.2, 0) is 9.84 Å². The maximum atomic E-state index is 11.8. The summed E-state index contributed by atoms with van der Waals surface area (Å²) in [5, 5.41) is 10.7. The van der Waals surface area contributed by atoms with Crippen LogP contribution in [0.4, 0.5) is 0 Å². The molecule has 2 aliphatic heterocycles. The number of rotatable bonds is 3. The van der Waals surface area contributed by atoms with Crippen LogP contribution < -0.4 is 15.2 Å². The summed E-state index contributed by atoms with van der Waals surface area (Å²) in [6, 6.07) is 5.18. The van der Waals surface area contributed by atoms with Gasteiger partial charge in [0.05, 0.1) is 17.6 Å². The van der Waals surface area contributed by atoms with Crippen LogP contribution in [0.3, 0.4) is 0 Å². The highest BCUT2D eigenvalue weighted by atomic mass is 32.2. The quantitative estimate of drug-likeness (QED) is 0.830. The minimum absolute atomic E-state index is 0.0752. The molecule has 1 aromatic rings. The van der Waals surface area contributed by atoms with Gasteiger partial charge in [-0.3, -0.25) is 0 Å². The van der Waals surface area contributed by atoms with Crippen molar-refractivity contribution < 1.29 is 23.0 Å². The zero-order chi connectivity index (χ0) is 15.1. The number of hydrogen-bond acceptors (Lipinski definition) is 6. The second-order valence-corrected chi connectivity index (χ2v) is 7.90. The van der Waals surface area contributed by atoms with Crippen molar-refractivity contribution in [1.29, 1.82) is 0 Å². The van der Waals surface area contributed by atoms with E-state index in [1.165, 1.54) is 0 Å². The van der Waals surface area contributed by atoms with Gasteiger partial charge in [-0.15, -0.1) is 0 Å². The summed E-state index contributed by atoms with van der Waals surface area (Å²) in [6.45, 7) is 1.09. The van der Waals surface area contributed by atoms with Crippen LogP contribution in [0.1, 0.15) is 18.1 Å². The molecule has 0 aromatic heterocycles. The van der Waals surface area contributed by atoms with Gasteiger partial charge in [0.25, 0.3) is 0 Å². The van der Waals surface area contributed by atoms with Crippen molar-refractivity contribution in [1.82, 2.24) is 0 Å². The topological polar surface area (TPSA) is 98.8 Å². The van der Waals surface area contributed by atoms with Crippen LogP contribution in [0.2, 0.25) is 0 Å². The van der Waals surface area contributed by atoms with Gasteiger partial charge in [0, 0.05) is 12.0 Å². The molecule has 21 heavy (non-hydrogen) atoms. The maximum Gasteiger partial charge on any atom is 0.161 e. The molecule has 2 heterocycles. The molecule has 2 aliphatic rings. The molecule has 0 radical (unpaired) electrons. The standard InChI is InChI=1S/C14H19NO5S/c15-8-14(3-6-21(17,18)9-14)13(16)10-1-2-11-12(7-10)20-5-4-19-11/h1-2,7,13,16H,3-6,8-9,15H2. The van der Waals surface area contributed by atoms with Gasteiger partial charge in [-0.1, -0.05) is 6.07 Å². The Morgan fingerprint density at radius 1 is 1.29 bits per heavy atom. The second-order valence-electron chi connectivity index (χ2n) is 5.71. The lowest BCUT2D eigenvalue weighted by Crippen LogP contribution is -2.38. The van der Waals surface area contributed by atoms with Crippen molar-refractivity contribution in [3.8, 4) is 11.5 Å². The third kappa shape index (κ3) is 2.61. The number of sulfone groups is 1. The molecule has 0 bridgehead atoms. The summed E-state index contributed by atoms with van der Waals surface area (Å²) < 4.78 is 34.5. The Morgan fingerprint density at radius 3 is 2.62 bits per heavy atom. The van der Waals surface area contributed by atoms with E-state index in [1.54, 1.807) is 18.2 Å². The summed E-state index contributed by atoms with van der Waals surface area (Å²) in [6.07, 6.45) is -0.558. The molecule has 116 valence electrons. The first-order valence-electron chi connectivity index (χ1n) is 6.94. The highest BCUT2D eigenvalue weighted by Gasteiger charge is 2.47. The van der Waals surface area contributed by atoms with E-state index in [1.807, 2.05) is 0 Å². The average Bonchev–Trinajstić information content (AvgIpc) is 2.82. The molecule has 2 unspecified atom stereocenters. The molecule has 6 nitrogen and oxygen atoms in total. The summed E-state index contributed by atoms with van der Waals surface area (Å²) in [5.41, 5.74) is 5.58. The summed E-state index contributed by atoms with van der Waals surface area (Å²) in [4.78, 5) is 0. The Labute approximate surface area is 123 Å². The molecule has 3 rings (SSSR count). The van der Waals surface area contributed by atoms with E-state index in [9.17, 15) is 13.5 Å².